The molecule has 1 aromatic carbocycles. The molecule has 0 bridgehead atoms. The smallest absolute Gasteiger partial charge is 0.238 e. The number of rotatable bonds is 3. The number of nitrogens with one attached hydrogen (secondary N) is 2. The number of piperazine rings is 1. The maximum Gasteiger partial charge on any atom is 0.238 e. The molecule has 1 heterocycles. The Morgan fingerprint density at radius 3 is 3.11 bits per heavy atom. The summed E-state index contributed by atoms with van der Waals surface area (Å²) in [5.41, 5.74) is 1.70. The van der Waals surface area contributed by atoms with Crippen molar-refractivity contribution in [1.29, 1.82) is 0 Å². The summed E-state index contributed by atoms with van der Waals surface area (Å²) in [5.74, 6) is 0.0131. The lowest BCUT2D eigenvalue weighted by Gasteiger charge is -2.33. The summed E-state index contributed by atoms with van der Waals surface area (Å²) in [7, 11) is 0. The van der Waals surface area contributed by atoms with Gasteiger partial charge in [0.1, 0.15) is 0 Å². The zero-order valence-corrected chi connectivity index (χ0v) is 12.1. The zero-order chi connectivity index (χ0) is 13.8. The van der Waals surface area contributed by atoms with Crippen molar-refractivity contribution < 1.29 is 4.79 Å². The van der Waals surface area contributed by atoms with Gasteiger partial charge in [0.05, 0.1) is 6.54 Å². The van der Waals surface area contributed by atoms with Crippen molar-refractivity contribution in [3.05, 3.63) is 28.8 Å². The van der Waals surface area contributed by atoms with Crippen LogP contribution in [-0.4, -0.2) is 43.0 Å². The summed E-state index contributed by atoms with van der Waals surface area (Å²) in [4.78, 5) is 14.3. The van der Waals surface area contributed by atoms with Crippen LogP contribution in [-0.2, 0) is 4.79 Å². The van der Waals surface area contributed by atoms with Crippen LogP contribution in [0, 0.1) is 6.92 Å². The van der Waals surface area contributed by atoms with E-state index in [0.717, 1.165) is 30.9 Å². The normalized spacial score (nSPS) is 20.3. The summed E-state index contributed by atoms with van der Waals surface area (Å²) in [5, 5.41) is 6.92. The molecule has 104 valence electrons. The van der Waals surface area contributed by atoms with E-state index in [0.29, 0.717) is 17.6 Å². The summed E-state index contributed by atoms with van der Waals surface area (Å²) < 4.78 is 0. The van der Waals surface area contributed by atoms with Gasteiger partial charge in [-0.3, -0.25) is 9.69 Å². The molecule has 4 nitrogen and oxygen atoms in total. The van der Waals surface area contributed by atoms with E-state index < -0.39 is 0 Å². The molecule has 19 heavy (non-hydrogen) atoms. The van der Waals surface area contributed by atoms with Crippen LogP contribution in [0.15, 0.2) is 18.2 Å². The lowest BCUT2D eigenvalue weighted by molar-refractivity contribution is -0.118. The van der Waals surface area contributed by atoms with Gasteiger partial charge < -0.3 is 10.6 Å². The molecule has 0 saturated carbocycles. The Morgan fingerprint density at radius 2 is 2.37 bits per heavy atom. The third-order valence-electron chi connectivity index (χ3n) is 3.53. The van der Waals surface area contributed by atoms with Crippen LogP contribution < -0.4 is 10.6 Å². The van der Waals surface area contributed by atoms with Crippen LogP contribution in [0.2, 0.25) is 5.02 Å². The Hall–Kier alpha value is -1.10. The predicted molar refractivity (Wildman–Crippen MR) is 78.7 cm³/mol. The molecule has 0 aromatic heterocycles. The Bertz CT molecular complexity index is 464. The molecule has 0 spiro atoms. The van der Waals surface area contributed by atoms with Crippen LogP contribution in [0.1, 0.15) is 12.5 Å². The van der Waals surface area contributed by atoms with Crippen molar-refractivity contribution in [2.45, 2.75) is 19.9 Å². The van der Waals surface area contributed by atoms with Crippen molar-refractivity contribution in [2.24, 2.45) is 0 Å². The number of anilines is 1. The third kappa shape index (κ3) is 3.69. The number of hydrogen-bond acceptors (Lipinski definition) is 3. The van der Waals surface area contributed by atoms with Crippen LogP contribution in [0.4, 0.5) is 5.69 Å². The van der Waals surface area contributed by atoms with Crippen molar-refractivity contribution in [3.8, 4) is 0 Å². The fraction of sp³-hybridized carbons (Fsp3) is 0.500. The summed E-state index contributed by atoms with van der Waals surface area (Å²) in [6, 6.07) is 5.93. The molecule has 1 saturated heterocycles. The van der Waals surface area contributed by atoms with E-state index in [4.69, 9.17) is 11.6 Å². The summed E-state index contributed by atoms with van der Waals surface area (Å²) in [6.07, 6.45) is 0. The van der Waals surface area contributed by atoms with E-state index in [-0.39, 0.29) is 5.91 Å². The highest BCUT2D eigenvalue weighted by atomic mass is 35.5. The van der Waals surface area contributed by atoms with Gasteiger partial charge in [0, 0.05) is 36.4 Å². The first-order valence-electron chi connectivity index (χ1n) is 6.57. The van der Waals surface area contributed by atoms with E-state index in [9.17, 15) is 4.79 Å². The second kappa shape index (κ2) is 6.37. The molecule has 1 aliphatic heterocycles. The Balaban J connectivity index is 1.95. The van der Waals surface area contributed by atoms with Crippen molar-refractivity contribution in [1.82, 2.24) is 10.2 Å². The van der Waals surface area contributed by atoms with Crippen molar-refractivity contribution in [3.63, 3.8) is 0 Å². The Morgan fingerprint density at radius 1 is 1.58 bits per heavy atom. The van der Waals surface area contributed by atoms with Gasteiger partial charge in [0.15, 0.2) is 0 Å². The largest absolute Gasteiger partial charge is 0.325 e. The second-order valence-corrected chi connectivity index (χ2v) is 5.39. The average Bonchev–Trinajstić information content (AvgIpc) is 2.38. The van der Waals surface area contributed by atoms with Gasteiger partial charge in [-0.2, -0.15) is 0 Å². The van der Waals surface area contributed by atoms with Gasteiger partial charge in [-0.25, -0.2) is 0 Å². The minimum absolute atomic E-state index is 0.0131. The van der Waals surface area contributed by atoms with Crippen LogP contribution in [0.25, 0.3) is 0 Å². The van der Waals surface area contributed by atoms with Crippen LogP contribution >= 0.6 is 11.6 Å². The third-order valence-corrected chi connectivity index (χ3v) is 3.94. The van der Waals surface area contributed by atoms with E-state index in [1.165, 1.54) is 0 Å². The number of carbonyl (C=O) groups excluding carboxylic acids is 1. The number of carbonyl (C=O) groups is 1. The predicted octanol–water partition coefficient (Wildman–Crippen LogP) is 1.88. The van der Waals surface area contributed by atoms with Crippen molar-refractivity contribution >= 4 is 23.2 Å². The second-order valence-electron chi connectivity index (χ2n) is 4.98. The minimum atomic E-state index is 0.0131. The minimum Gasteiger partial charge on any atom is -0.325 e. The molecule has 0 aliphatic carbocycles. The highest BCUT2D eigenvalue weighted by molar-refractivity contribution is 6.31. The number of halogens is 1. The molecule has 5 heteroatoms. The monoisotopic (exact) mass is 281 g/mol. The van der Waals surface area contributed by atoms with E-state index in [1.54, 1.807) is 0 Å². The molecule has 1 amide bonds. The maximum atomic E-state index is 12.1. The SMILES string of the molecule is Cc1c(Cl)cccc1NC(=O)CN1CCNC[C@@H]1C. The number of hydrogen-bond donors (Lipinski definition) is 2. The van der Waals surface area contributed by atoms with Gasteiger partial charge in [0.2, 0.25) is 5.91 Å². The maximum absolute atomic E-state index is 12.1. The molecule has 0 radical (unpaired) electrons. The van der Waals surface area contributed by atoms with Crippen molar-refractivity contribution in [2.75, 3.05) is 31.5 Å². The quantitative estimate of drug-likeness (QED) is 0.889. The average molecular weight is 282 g/mol. The molecule has 1 aliphatic rings. The van der Waals surface area contributed by atoms with Gasteiger partial charge in [-0.15, -0.1) is 0 Å². The van der Waals surface area contributed by atoms with Crippen LogP contribution in [0.3, 0.4) is 0 Å². The van der Waals surface area contributed by atoms with Gasteiger partial charge in [0.25, 0.3) is 0 Å². The Labute approximate surface area is 119 Å². The first-order chi connectivity index (χ1) is 9.08. The first-order valence-corrected chi connectivity index (χ1v) is 6.95. The van der Waals surface area contributed by atoms with Crippen LogP contribution in [0.5, 0.6) is 0 Å². The molecule has 1 aromatic rings. The summed E-state index contributed by atoms with van der Waals surface area (Å²) in [6.45, 7) is 7.24. The number of nitrogens with zero attached hydrogens (tertiary/aromatic N) is 1. The lowest BCUT2D eigenvalue weighted by atomic mass is 10.2. The van der Waals surface area contributed by atoms with Gasteiger partial charge >= 0.3 is 0 Å². The lowest BCUT2D eigenvalue weighted by Crippen LogP contribution is -2.52. The van der Waals surface area contributed by atoms with E-state index in [1.807, 2.05) is 25.1 Å². The molecular weight excluding hydrogens is 262 g/mol. The summed E-state index contributed by atoms with van der Waals surface area (Å²) >= 11 is 6.04. The van der Waals surface area contributed by atoms with E-state index in [2.05, 4.69) is 22.5 Å². The standard InChI is InChI=1S/C14H20ClN3O/c1-10-8-16-6-7-18(10)9-14(19)17-13-5-3-4-12(15)11(13)2/h3-5,10,16H,6-9H2,1-2H3,(H,17,19)/t10-/m0/s1. The Kier molecular flexibility index (Phi) is 4.80. The number of benzene rings is 1. The fourth-order valence-electron chi connectivity index (χ4n) is 2.24. The molecule has 2 rings (SSSR count). The highest BCUT2D eigenvalue weighted by Crippen LogP contribution is 2.22. The van der Waals surface area contributed by atoms with Gasteiger partial charge in [-0.1, -0.05) is 17.7 Å². The topological polar surface area (TPSA) is 44.4 Å². The molecule has 1 atom stereocenters. The molecule has 2 N–H and O–H groups in total. The molecule has 1 fully saturated rings. The molecule has 0 unspecified atom stereocenters. The van der Waals surface area contributed by atoms with Gasteiger partial charge in [-0.05, 0) is 31.5 Å². The number of amides is 1. The fourth-order valence-corrected chi connectivity index (χ4v) is 2.41. The zero-order valence-electron chi connectivity index (χ0n) is 11.4. The van der Waals surface area contributed by atoms with E-state index >= 15 is 0 Å². The highest BCUT2D eigenvalue weighted by Gasteiger charge is 2.20. The molecular formula is C14H20ClN3O. The first kappa shape index (κ1) is 14.3.